The van der Waals surface area contributed by atoms with Crippen LogP contribution in [0.2, 0.25) is 0 Å². The highest BCUT2D eigenvalue weighted by Crippen LogP contribution is 2.26. The molecule has 1 aromatic carbocycles. The Morgan fingerprint density at radius 2 is 1.88 bits per heavy atom. The number of fused-ring (bicyclic) bond motifs is 1. The standard InChI is InChI=1S/C18H12ClN5O2/c19-24-23-17(25)13-9-16(22-15-5-6-20-10-14(13)15)11-1-3-12(4-2-11)18-21-7-8-26-18/h1-10,24H,(H,23,25). The summed E-state index contributed by atoms with van der Waals surface area (Å²) in [6, 6.07) is 11.0. The van der Waals surface area contributed by atoms with E-state index in [1.807, 2.05) is 24.3 Å². The first-order valence-corrected chi connectivity index (χ1v) is 8.05. The van der Waals surface area contributed by atoms with E-state index >= 15 is 0 Å². The summed E-state index contributed by atoms with van der Waals surface area (Å²) < 4.78 is 5.29. The molecule has 0 aliphatic heterocycles. The van der Waals surface area contributed by atoms with Crippen LogP contribution < -0.4 is 10.4 Å². The van der Waals surface area contributed by atoms with E-state index in [0.29, 0.717) is 28.1 Å². The van der Waals surface area contributed by atoms with Gasteiger partial charge in [0.25, 0.3) is 5.91 Å². The molecule has 8 heteroatoms. The number of hydrazine groups is 1. The van der Waals surface area contributed by atoms with Crippen molar-refractivity contribution in [1.29, 1.82) is 0 Å². The van der Waals surface area contributed by atoms with Gasteiger partial charge in [-0.1, -0.05) is 12.1 Å². The second kappa shape index (κ2) is 6.91. The van der Waals surface area contributed by atoms with Crippen molar-refractivity contribution in [2.24, 2.45) is 0 Å². The largest absolute Gasteiger partial charge is 0.445 e. The molecule has 0 bridgehead atoms. The Bertz CT molecular complexity index is 1060. The molecule has 4 rings (SSSR count). The van der Waals surface area contributed by atoms with Crippen LogP contribution in [0.5, 0.6) is 0 Å². The second-order valence-corrected chi connectivity index (χ2v) is 5.60. The molecule has 0 unspecified atom stereocenters. The van der Waals surface area contributed by atoms with Crippen molar-refractivity contribution in [2.45, 2.75) is 0 Å². The lowest BCUT2D eigenvalue weighted by molar-refractivity contribution is 0.0947. The molecular weight excluding hydrogens is 354 g/mol. The highest BCUT2D eigenvalue weighted by molar-refractivity contribution is 6.15. The van der Waals surface area contributed by atoms with Crippen LogP contribution in [0.15, 0.2) is 65.7 Å². The molecule has 0 saturated carbocycles. The van der Waals surface area contributed by atoms with Gasteiger partial charge in [0.05, 0.1) is 23.0 Å². The van der Waals surface area contributed by atoms with Gasteiger partial charge in [0, 0.05) is 28.9 Å². The Kier molecular flexibility index (Phi) is 4.30. The molecule has 0 aliphatic rings. The third kappa shape index (κ3) is 3.01. The number of rotatable bonds is 4. The van der Waals surface area contributed by atoms with E-state index in [1.165, 1.54) is 6.26 Å². The van der Waals surface area contributed by atoms with Crippen LogP contribution in [0.4, 0.5) is 0 Å². The molecule has 0 aliphatic carbocycles. The number of pyridine rings is 2. The maximum atomic E-state index is 12.3. The first-order valence-electron chi connectivity index (χ1n) is 7.67. The van der Waals surface area contributed by atoms with Crippen LogP contribution in [-0.2, 0) is 0 Å². The topological polar surface area (TPSA) is 92.9 Å². The Morgan fingerprint density at radius 3 is 2.62 bits per heavy atom. The summed E-state index contributed by atoms with van der Waals surface area (Å²) in [5.74, 6) is 0.167. The van der Waals surface area contributed by atoms with Crippen LogP contribution in [0.3, 0.4) is 0 Å². The van der Waals surface area contributed by atoms with Gasteiger partial charge in [-0.15, -0.1) is 4.94 Å². The summed E-state index contributed by atoms with van der Waals surface area (Å²) in [6.07, 6.45) is 6.35. The number of amides is 1. The van der Waals surface area contributed by atoms with Crippen molar-refractivity contribution in [3.63, 3.8) is 0 Å². The number of benzene rings is 1. The Balaban J connectivity index is 1.80. The highest BCUT2D eigenvalue weighted by atomic mass is 35.5. The predicted octanol–water partition coefficient (Wildman–Crippen LogP) is 3.34. The molecule has 0 spiro atoms. The number of hydrogen-bond donors (Lipinski definition) is 2. The van der Waals surface area contributed by atoms with Gasteiger partial charge in [-0.3, -0.25) is 15.2 Å². The highest BCUT2D eigenvalue weighted by Gasteiger charge is 2.14. The monoisotopic (exact) mass is 365 g/mol. The second-order valence-electron chi connectivity index (χ2n) is 5.41. The van der Waals surface area contributed by atoms with Crippen LogP contribution in [0, 0.1) is 0 Å². The summed E-state index contributed by atoms with van der Waals surface area (Å²) >= 11 is 5.39. The molecule has 1 amide bonds. The minimum Gasteiger partial charge on any atom is -0.445 e. The van der Waals surface area contributed by atoms with E-state index < -0.39 is 0 Å². The number of carbonyl (C=O) groups excluding carboxylic acids is 1. The SMILES string of the molecule is O=C(NNCl)c1cc(-c2ccc(-c3ncco3)cc2)nc2ccncc12. The molecule has 7 nitrogen and oxygen atoms in total. The molecule has 0 atom stereocenters. The van der Waals surface area contributed by atoms with E-state index in [4.69, 9.17) is 16.2 Å². The molecule has 2 N–H and O–H groups in total. The summed E-state index contributed by atoms with van der Waals surface area (Å²) in [6.45, 7) is 0. The minimum atomic E-state index is -0.377. The average Bonchev–Trinajstić information content (AvgIpc) is 3.22. The smallest absolute Gasteiger partial charge is 0.267 e. The molecule has 4 aromatic rings. The number of nitrogens with zero attached hydrogens (tertiary/aromatic N) is 3. The molecule has 128 valence electrons. The van der Waals surface area contributed by atoms with E-state index in [1.54, 1.807) is 30.7 Å². The number of nitrogens with one attached hydrogen (secondary N) is 2. The van der Waals surface area contributed by atoms with Crippen LogP contribution in [-0.4, -0.2) is 20.9 Å². The third-order valence-electron chi connectivity index (χ3n) is 3.88. The Hall–Kier alpha value is -3.29. The van der Waals surface area contributed by atoms with Gasteiger partial charge in [0.1, 0.15) is 6.26 Å². The van der Waals surface area contributed by atoms with Crippen molar-refractivity contribution in [2.75, 3.05) is 0 Å². The first kappa shape index (κ1) is 16.2. The Labute approximate surface area is 153 Å². The zero-order chi connectivity index (χ0) is 17.9. The van der Waals surface area contributed by atoms with Gasteiger partial charge in [0.2, 0.25) is 5.89 Å². The van der Waals surface area contributed by atoms with Crippen molar-refractivity contribution < 1.29 is 9.21 Å². The molecule has 3 aromatic heterocycles. The zero-order valence-corrected chi connectivity index (χ0v) is 14.1. The van der Waals surface area contributed by atoms with E-state index in [-0.39, 0.29) is 5.91 Å². The van der Waals surface area contributed by atoms with Gasteiger partial charge in [-0.25, -0.2) is 9.97 Å². The van der Waals surface area contributed by atoms with Gasteiger partial charge < -0.3 is 4.42 Å². The van der Waals surface area contributed by atoms with Gasteiger partial charge in [0.15, 0.2) is 0 Å². The lowest BCUT2D eigenvalue weighted by Crippen LogP contribution is -2.30. The van der Waals surface area contributed by atoms with E-state index in [0.717, 1.165) is 11.1 Å². The van der Waals surface area contributed by atoms with Crippen molar-refractivity contribution >= 4 is 28.6 Å². The predicted molar refractivity (Wildman–Crippen MR) is 96.9 cm³/mol. The summed E-state index contributed by atoms with van der Waals surface area (Å²) in [5, 5.41) is 0.636. The van der Waals surface area contributed by atoms with Crippen molar-refractivity contribution in [3.05, 3.63) is 66.8 Å². The third-order valence-corrected chi connectivity index (χ3v) is 3.97. The maximum Gasteiger partial charge on any atom is 0.267 e. The van der Waals surface area contributed by atoms with E-state index in [2.05, 4.69) is 25.3 Å². The number of oxazole rings is 1. The fourth-order valence-electron chi connectivity index (χ4n) is 2.66. The van der Waals surface area contributed by atoms with Crippen LogP contribution in [0.25, 0.3) is 33.6 Å². The quantitative estimate of drug-likeness (QED) is 0.425. The van der Waals surface area contributed by atoms with Crippen LogP contribution in [0.1, 0.15) is 10.4 Å². The minimum absolute atomic E-state index is 0.377. The molecular formula is C18H12ClN5O2. The number of hydrogen-bond acceptors (Lipinski definition) is 6. The summed E-state index contributed by atoms with van der Waals surface area (Å²) in [7, 11) is 0. The van der Waals surface area contributed by atoms with E-state index in [9.17, 15) is 4.79 Å². The summed E-state index contributed by atoms with van der Waals surface area (Å²) in [4.78, 5) is 27.3. The fourth-order valence-corrected chi connectivity index (χ4v) is 2.75. The molecule has 0 fully saturated rings. The normalized spacial score (nSPS) is 10.8. The van der Waals surface area contributed by atoms with Crippen molar-refractivity contribution in [1.82, 2.24) is 25.3 Å². The van der Waals surface area contributed by atoms with Gasteiger partial charge in [-0.05, 0) is 36.0 Å². The number of carbonyl (C=O) groups is 1. The van der Waals surface area contributed by atoms with Crippen LogP contribution >= 0.6 is 11.8 Å². The van der Waals surface area contributed by atoms with Gasteiger partial charge in [-0.2, -0.15) is 0 Å². The zero-order valence-electron chi connectivity index (χ0n) is 13.3. The molecule has 26 heavy (non-hydrogen) atoms. The Morgan fingerprint density at radius 1 is 1.08 bits per heavy atom. The average molecular weight is 366 g/mol. The number of aromatic nitrogens is 3. The maximum absolute atomic E-state index is 12.3. The molecule has 0 radical (unpaired) electrons. The first-order chi connectivity index (χ1) is 12.8. The number of halogens is 1. The molecule has 3 heterocycles. The fraction of sp³-hybridized carbons (Fsp3) is 0. The summed E-state index contributed by atoms with van der Waals surface area (Å²) in [5.41, 5.74) is 5.80. The lowest BCUT2D eigenvalue weighted by Gasteiger charge is -2.09. The molecule has 0 saturated heterocycles. The lowest BCUT2D eigenvalue weighted by atomic mass is 10.0. The van der Waals surface area contributed by atoms with Crippen molar-refractivity contribution in [3.8, 4) is 22.7 Å². The van der Waals surface area contributed by atoms with Gasteiger partial charge >= 0.3 is 0 Å².